The normalized spacial score (nSPS) is 19.0. The van der Waals surface area contributed by atoms with Crippen LogP contribution in [0.15, 0.2) is 23.1 Å². The van der Waals surface area contributed by atoms with E-state index in [9.17, 15) is 4.79 Å². The molecule has 1 fully saturated rings. The third kappa shape index (κ3) is 3.46. The molecule has 6 heteroatoms. The highest BCUT2D eigenvalue weighted by molar-refractivity contribution is 5.34. The van der Waals surface area contributed by atoms with Crippen LogP contribution in [-0.4, -0.2) is 40.1 Å². The van der Waals surface area contributed by atoms with Gasteiger partial charge in [-0.15, -0.1) is 0 Å². The van der Waals surface area contributed by atoms with E-state index < -0.39 is 0 Å². The van der Waals surface area contributed by atoms with Crippen molar-refractivity contribution in [3.8, 4) is 5.88 Å². The lowest BCUT2D eigenvalue weighted by Crippen LogP contribution is -2.42. The van der Waals surface area contributed by atoms with Crippen LogP contribution in [0.4, 0.5) is 0 Å². The molecule has 1 spiro atoms. The van der Waals surface area contributed by atoms with E-state index in [-0.39, 0.29) is 16.4 Å². The first-order valence-corrected chi connectivity index (χ1v) is 10.2. The van der Waals surface area contributed by atoms with Crippen LogP contribution < -0.4 is 10.3 Å². The molecular weight excluding hydrogens is 352 g/mol. The molecule has 2 aliphatic rings. The Morgan fingerprint density at radius 1 is 1.21 bits per heavy atom. The number of pyridine rings is 1. The fourth-order valence-electron chi connectivity index (χ4n) is 4.52. The number of hydrogen-bond acceptors (Lipinski definition) is 5. The number of piperidine rings is 1. The Morgan fingerprint density at radius 2 is 1.96 bits per heavy atom. The van der Waals surface area contributed by atoms with Crippen molar-refractivity contribution in [2.45, 2.75) is 63.8 Å². The van der Waals surface area contributed by atoms with Crippen LogP contribution in [0.3, 0.4) is 0 Å². The molecule has 1 N–H and O–H groups in total. The fourth-order valence-corrected chi connectivity index (χ4v) is 4.52. The van der Waals surface area contributed by atoms with Crippen LogP contribution in [0.25, 0.3) is 0 Å². The van der Waals surface area contributed by atoms with Crippen LogP contribution in [-0.2, 0) is 23.8 Å². The zero-order valence-electron chi connectivity index (χ0n) is 17.3. The molecule has 0 radical (unpaired) electrons. The number of rotatable bonds is 3. The Labute approximate surface area is 166 Å². The van der Waals surface area contributed by atoms with Crippen molar-refractivity contribution in [2.75, 3.05) is 20.2 Å². The van der Waals surface area contributed by atoms with Crippen LogP contribution >= 0.6 is 0 Å². The minimum Gasteiger partial charge on any atom is -0.481 e. The third-order valence-electron chi connectivity index (χ3n) is 6.31. The molecule has 2 aromatic heterocycles. The summed E-state index contributed by atoms with van der Waals surface area (Å²) in [5.74, 6) is 1.46. The number of nitrogens with one attached hydrogen (secondary N) is 1. The lowest BCUT2D eigenvalue weighted by molar-refractivity contribution is 0.149. The lowest BCUT2D eigenvalue weighted by atomic mass is 9.76. The summed E-state index contributed by atoms with van der Waals surface area (Å²) in [7, 11) is 1.63. The van der Waals surface area contributed by atoms with Gasteiger partial charge in [0.15, 0.2) is 0 Å². The van der Waals surface area contributed by atoms with E-state index in [1.165, 1.54) is 5.56 Å². The zero-order valence-corrected chi connectivity index (χ0v) is 17.3. The number of aromatic amines is 1. The van der Waals surface area contributed by atoms with Crippen molar-refractivity contribution in [1.29, 1.82) is 0 Å². The van der Waals surface area contributed by atoms with Gasteiger partial charge in [0.25, 0.3) is 5.56 Å². The largest absolute Gasteiger partial charge is 0.481 e. The maximum Gasteiger partial charge on any atom is 0.254 e. The van der Waals surface area contributed by atoms with E-state index in [4.69, 9.17) is 9.72 Å². The van der Waals surface area contributed by atoms with Gasteiger partial charge in [0.1, 0.15) is 5.82 Å². The number of likely N-dealkylation sites (tertiary alicyclic amines) is 1. The molecule has 0 aromatic carbocycles. The first kappa shape index (κ1) is 19.1. The van der Waals surface area contributed by atoms with Gasteiger partial charge in [-0.2, -0.15) is 0 Å². The van der Waals surface area contributed by atoms with Crippen molar-refractivity contribution in [3.63, 3.8) is 0 Å². The summed E-state index contributed by atoms with van der Waals surface area (Å²) < 4.78 is 5.14. The van der Waals surface area contributed by atoms with Crippen molar-refractivity contribution in [3.05, 3.63) is 51.3 Å². The predicted octanol–water partition coefficient (Wildman–Crippen LogP) is 2.95. The second-order valence-electron chi connectivity index (χ2n) is 9.26. The molecule has 0 atom stereocenters. The Morgan fingerprint density at radius 3 is 2.57 bits per heavy atom. The first-order valence-electron chi connectivity index (χ1n) is 10.2. The quantitative estimate of drug-likeness (QED) is 0.884. The van der Waals surface area contributed by atoms with Crippen LogP contribution in [0.1, 0.15) is 62.7 Å². The smallest absolute Gasteiger partial charge is 0.254 e. The maximum absolute atomic E-state index is 12.6. The van der Waals surface area contributed by atoms with Crippen molar-refractivity contribution in [2.24, 2.45) is 0 Å². The first-order chi connectivity index (χ1) is 13.3. The predicted molar refractivity (Wildman–Crippen MR) is 109 cm³/mol. The molecule has 0 saturated carbocycles. The summed E-state index contributed by atoms with van der Waals surface area (Å²) in [6, 6.07) is 4.00. The number of fused-ring (bicyclic) bond motifs is 2. The molecule has 6 nitrogen and oxygen atoms in total. The van der Waals surface area contributed by atoms with E-state index in [0.29, 0.717) is 5.88 Å². The highest BCUT2D eigenvalue weighted by atomic mass is 16.5. The molecular formula is C22H30N4O2. The summed E-state index contributed by atoms with van der Waals surface area (Å²) in [6.07, 6.45) is 5.91. The molecule has 0 amide bonds. The molecule has 2 aromatic rings. The SMILES string of the molecule is COc1ccc(CN2CCC3(CCc4c3nc(C(C)(C)C)[nH]c4=O)CC2)cn1. The molecule has 1 aliphatic carbocycles. The van der Waals surface area contributed by atoms with Crippen molar-refractivity contribution < 1.29 is 4.74 Å². The molecule has 1 saturated heterocycles. The van der Waals surface area contributed by atoms with Gasteiger partial charge >= 0.3 is 0 Å². The number of nitrogens with zero attached hydrogens (tertiary/aromatic N) is 3. The number of methoxy groups -OCH3 is 1. The third-order valence-corrected chi connectivity index (χ3v) is 6.31. The Kier molecular flexibility index (Phi) is 4.78. The Bertz CT molecular complexity index is 904. The Hall–Kier alpha value is -2.21. The molecule has 1 aliphatic heterocycles. The van der Waals surface area contributed by atoms with Crippen LogP contribution in [0.5, 0.6) is 5.88 Å². The minimum absolute atomic E-state index is 0.0677. The van der Waals surface area contributed by atoms with Gasteiger partial charge in [-0.3, -0.25) is 9.69 Å². The molecule has 0 bridgehead atoms. The van der Waals surface area contributed by atoms with E-state index in [1.54, 1.807) is 7.11 Å². The van der Waals surface area contributed by atoms with Crippen molar-refractivity contribution in [1.82, 2.24) is 19.9 Å². The second kappa shape index (κ2) is 6.99. The zero-order chi connectivity index (χ0) is 19.9. The summed E-state index contributed by atoms with van der Waals surface area (Å²) in [6.45, 7) is 9.24. The van der Waals surface area contributed by atoms with Gasteiger partial charge in [-0.1, -0.05) is 26.8 Å². The summed E-state index contributed by atoms with van der Waals surface area (Å²) in [4.78, 5) is 27.4. The van der Waals surface area contributed by atoms with Gasteiger partial charge in [0.2, 0.25) is 5.88 Å². The highest BCUT2D eigenvalue weighted by Crippen LogP contribution is 2.44. The number of hydrogen-bond donors (Lipinski definition) is 1. The summed E-state index contributed by atoms with van der Waals surface area (Å²) >= 11 is 0. The molecule has 3 heterocycles. The highest BCUT2D eigenvalue weighted by Gasteiger charge is 2.44. The average Bonchev–Trinajstić information content (AvgIpc) is 3.03. The second-order valence-corrected chi connectivity index (χ2v) is 9.26. The van der Waals surface area contributed by atoms with E-state index in [0.717, 1.165) is 62.4 Å². The molecule has 150 valence electrons. The van der Waals surface area contributed by atoms with E-state index in [1.807, 2.05) is 12.3 Å². The lowest BCUT2D eigenvalue weighted by Gasteiger charge is -2.39. The monoisotopic (exact) mass is 382 g/mol. The molecule has 0 unspecified atom stereocenters. The van der Waals surface area contributed by atoms with Crippen LogP contribution in [0.2, 0.25) is 0 Å². The van der Waals surface area contributed by atoms with Crippen molar-refractivity contribution >= 4 is 0 Å². The maximum atomic E-state index is 12.6. The number of aromatic nitrogens is 3. The fraction of sp³-hybridized carbons (Fsp3) is 0.591. The topological polar surface area (TPSA) is 71.1 Å². The summed E-state index contributed by atoms with van der Waals surface area (Å²) in [5.41, 5.74) is 3.18. The van der Waals surface area contributed by atoms with Gasteiger partial charge in [-0.05, 0) is 44.3 Å². The number of H-pyrrole nitrogens is 1. The van der Waals surface area contributed by atoms with Crippen LogP contribution in [0, 0.1) is 0 Å². The van der Waals surface area contributed by atoms with E-state index in [2.05, 4.69) is 41.7 Å². The van der Waals surface area contributed by atoms with E-state index >= 15 is 0 Å². The molecule has 4 rings (SSSR count). The summed E-state index contributed by atoms with van der Waals surface area (Å²) in [5, 5.41) is 0. The van der Waals surface area contributed by atoms with Gasteiger partial charge in [-0.25, -0.2) is 9.97 Å². The minimum atomic E-state index is -0.153. The van der Waals surface area contributed by atoms with Gasteiger partial charge in [0, 0.05) is 35.2 Å². The Balaban J connectivity index is 1.51. The average molecular weight is 383 g/mol. The van der Waals surface area contributed by atoms with Gasteiger partial charge in [0.05, 0.1) is 12.8 Å². The number of ether oxygens (including phenoxy) is 1. The van der Waals surface area contributed by atoms with Gasteiger partial charge < -0.3 is 9.72 Å². The standard InChI is InChI=1S/C22H30N4O2/c1-21(2,3)20-24-18-16(19(27)25-20)7-8-22(18)9-11-26(12-10-22)14-15-5-6-17(28-4)23-13-15/h5-6,13H,7-12,14H2,1-4H3,(H,24,25,27). The molecule has 28 heavy (non-hydrogen) atoms.